The zero-order valence-corrected chi connectivity index (χ0v) is 18.1. The predicted octanol–water partition coefficient (Wildman–Crippen LogP) is 2.80. The summed E-state index contributed by atoms with van der Waals surface area (Å²) in [6, 6.07) is 6.47. The summed E-state index contributed by atoms with van der Waals surface area (Å²) in [5.41, 5.74) is 1.19. The van der Waals surface area contributed by atoms with Crippen molar-refractivity contribution in [2.75, 3.05) is 20.7 Å². The number of imidazole rings is 1. The monoisotopic (exact) mass is 432 g/mol. The fraction of sp³-hybridized carbons (Fsp3) is 0.350. The maximum Gasteiger partial charge on any atom is 0.338 e. The molecule has 0 fully saturated rings. The third-order valence-corrected chi connectivity index (χ3v) is 6.31. The molecule has 0 radical (unpaired) electrons. The van der Waals surface area contributed by atoms with Crippen LogP contribution in [0.25, 0.3) is 22.6 Å². The van der Waals surface area contributed by atoms with Crippen LogP contribution in [0.3, 0.4) is 0 Å². The van der Waals surface area contributed by atoms with Gasteiger partial charge in [0.2, 0.25) is 0 Å². The number of nitrogens with zero attached hydrogens (tertiary/aromatic N) is 4. The van der Waals surface area contributed by atoms with Crippen molar-refractivity contribution in [3.05, 3.63) is 41.6 Å². The Hall–Kier alpha value is -2.98. The number of aromatic nitrogens is 3. The molecule has 1 N–H and O–H groups in total. The molecule has 0 atom stereocenters. The Labute approximate surface area is 175 Å². The molecule has 0 spiro atoms. The van der Waals surface area contributed by atoms with E-state index in [-0.39, 0.29) is 22.6 Å². The van der Waals surface area contributed by atoms with E-state index in [9.17, 15) is 18.3 Å². The number of carboxylic acids is 1. The first-order valence-electron chi connectivity index (χ1n) is 9.52. The lowest BCUT2D eigenvalue weighted by molar-refractivity contribution is 0.0697. The smallest absolute Gasteiger partial charge is 0.338 e. The number of carbonyl (C=O) groups is 1. The Morgan fingerprint density at radius 2 is 2.00 bits per heavy atom. The first-order valence-corrected chi connectivity index (χ1v) is 10.9. The van der Waals surface area contributed by atoms with Gasteiger partial charge in [-0.1, -0.05) is 19.9 Å². The van der Waals surface area contributed by atoms with Crippen LogP contribution in [0.5, 0.6) is 5.75 Å². The first-order chi connectivity index (χ1) is 14.2. The molecule has 2 heterocycles. The molecule has 0 saturated carbocycles. The highest BCUT2D eigenvalue weighted by atomic mass is 32.2. The Morgan fingerprint density at radius 3 is 2.60 bits per heavy atom. The largest absolute Gasteiger partial charge is 0.491 e. The van der Waals surface area contributed by atoms with Gasteiger partial charge < -0.3 is 9.84 Å². The van der Waals surface area contributed by atoms with E-state index in [1.54, 1.807) is 18.2 Å². The summed E-state index contributed by atoms with van der Waals surface area (Å²) in [5, 5.41) is 9.73. The Balaban J connectivity index is 2.41. The molecule has 0 amide bonds. The number of carboxylic acid groups (broad SMARTS) is 1. The van der Waals surface area contributed by atoms with Gasteiger partial charge in [-0.25, -0.2) is 13.8 Å². The number of ether oxygens (including phenoxy) is 1. The second kappa shape index (κ2) is 8.41. The molecule has 0 aliphatic heterocycles. The number of aryl methyl sites for hydroxylation is 1. The van der Waals surface area contributed by atoms with E-state index in [1.165, 1.54) is 26.4 Å². The Bertz CT molecular complexity index is 1200. The molecule has 30 heavy (non-hydrogen) atoms. The van der Waals surface area contributed by atoms with Crippen LogP contribution in [0.1, 0.15) is 36.2 Å². The third-order valence-electron chi connectivity index (χ3n) is 4.56. The predicted molar refractivity (Wildman–Crippen MR) is 113 cm³/mol. The number of para-hydroxylation sites is 1. The van der Waals surface area contributed by atoms with Crippen molar-refractivity contribution in [2.45, 2.75) is 26.7 Å². The summed E-state index contributed by atoms with van der Waals surface area (Å²) in [7, 11) is -1.24. The topological polar surface area (TPSA) is 115 Å². The molecular formula is C20H24N4O5S. The highest BCUT2D eigenvalue weighted by Gasteiger charge is 2.29. The van der Waals surface area contributed by atoms with Crippen LogP contribution in [-0.2, 0) is 16.6 Å². The maximum absolute atomic E-state index is 13.2. The van der Waals surface area contributed by atoms with Crippen molar-refractivity contribution in [3.63, 3.8) is 0 Å². The molecule has 9 nitrogen and oxygen atoms in total. The lowest BCUT2D eigenvalue weighted by Gasteiger charge is -2.16. The van der Waals surface area contributed by atoms with Gasteiger partial charge in [0.1, 0.15) is 17.0 Å². The third kappa shape index (κ3) is 3.75. The van der Waals surface area contributed by atoms with Gasteiger partial charge in [-0.05, 0) is 36.6 Å². The minimum atomic E-state index is -4.04. The van der Waals surface area contributed by atoms with Gasteiger partial charge in [-0.3, -0.25) is 4.98 Å². The van der Waals surface area contributed by atoms with Gasteiger partial charge in [-0.15, -0.1) is 0 Å². The van der Waals surface area contributed by atoms with Crippen LogP contribution < -0.4 is 4.74 Å². The summed E-state index contributed by atoms with van der Waals surface area (Å²) < 4.78 is 34.1. The van der Waals surface area contributed by atoms with E-state index < -0.39 is 16.2 Å². The summed E-state index contributed by atoms with van der Waals surface area (Å²) >= 11 is 0. The van der Waals surface area contributed by atoms with E-state index in [0.717, 1.165) is 20.3 Å². The summed E-state index contributed by atoms with van der Waals surface area (Å²) in [6.07, 6.45) is 2.89. The molecular weight excluding hydrogens is 408 g/mol. The van der Waals surface area contributed by atoms with Gasteiger partial charge in [-0.2, -0.15) is 12.7 Å². The molecule has 0 aliphatic carbocycles. The fourth-order valence-electron chi connectivity index (χ4n) is 2.97. The minimum absolute atomic E-state index is 0.0252. The van der Waals surface area contributed by atoms with Gasteiger partial charge in [0, 0.05) is 20.3 Å². The van der Waals surface area contributed by atoms with Gasteiger partial charge in [0.25, 0.3) is 0 Å². The highest BCUT2D eigenvalue weighted by Crippen LogP contribution is 2.33. The van der Waals surface area contributed by atoms with E-state index in [1.807, 2.05) is 13.8 Å². The molecule has 2 aromatic heterocycles. The molecule has 0 aliphatic rings. The van der Waals surface area contributed by atoms with E-state index in [2.05, 4.69) is 9.97 Å². The summed E-state index contributed by atoms with van der Waals surface area (Å²) in [4.78, 5) is 20.7. The molecule has 160 valence electrons. The number of aromatic carboxylic acids is 1. The average molecular weight is 433 g/mol. The quantitative estimate of drug-likeness (QED) is 0.582. The van der Waals surface area contributed by atoms with Crippen LogP contribution in [0, 0.1) is 0 Å². The Morgan fingerprint density at radius 1 is 1.27 bits per heavy atom. The second-order valence-electron chi connectivity index (χ2n) is 6.86. The number of hydrogen-bond donors (Lipinski definition) is 1. The van der Waals surface area contributed by atoms with Crippen molar-refractivity contribution >= 4 is 27.2 Å². The van der Waals surface area contributed by atoms with Crippen molar-refractivity contribution in [1.82, 2.24) is 18.2 Å². The molecule has 0 unspecified atom stereocenters. The number of pyridine rings is 1. The molecule has 3 aromatic rings. The molecule has 3 rings (SSSR count). The molecule has 10 heteroatoms. The number of fused-ring (bicyclic) bond motifs is 1. The number of rotatable bonds is 8. The van der Waals surface area contributed by atoms with Crippen LogP contribution in [-0.4, -0.2) is 58.4 Å². The number of hydrogen-bond acceptors (Lipinski definition) is 6. The van der Waals surface area contributed by atoms with Crippen LogP contribution in [0.4, 0.5) is 0 Å². The minimum Gasteiger partial charge on any atom is -0.491 e. The molecule has 0 saturated heterocycles. The SMILES string of the molecule is CCCOc1cccc2c1nc(-c1ncc(CC)cc1C(=O)O)n2S(=O)(=O)N(C)C. The second-order valence-corrected chi connectivity index (χ2v) is 8.85. The number of benzene rings is 1. The van der Waals surface area contributed by atoms with Crippen LogP contribution >= 0.6 is 0 Å². The summed E-state index contributed by atoms with van der Waals surface area (Å²) in [5.74, 6) is -0.868. The maximum atomic E-state index is 13.2. The van der Waals surface area contributed by atoms with Crippen LogP contribution in [0.2, 0.25) is 0 Å². The Kier molecular flexibility index (Phi) is 6.09. The van der Waals surface area contributed by atoms with E-state index >= 15 is 0 Å². The first kappa shape index (κ1) is 21.7. The van der Waals surface area contributed by atoms with Gasteiger partial charge >= 0.3 is 16.2 Å². The molecule has 1 aromatic carbocycles. The molecule has 0 bridgehead atoms. The fourth-order valence-corrected chi connectivity index (χ4v) is 4.04. The lowest BCUT2D eigenvalue weighted by atomic mass is 10.1. The van der Waals surface area contributed by atoms with Gasteiger partial charge in [0.05, 0.1) is 17.7 Å². The van der Waals surface area contributed by atoms with E-state index in [0.29, 0.717) is 24.3 Å². The van der Waals surface area contributed by atoms with Crippen LogP contribution in [0.15, 0.2) is 30.5 Å². The van der Waals surface area contributed by atoms with E-state index in [4.69, 9.17) is 4.74 Å². The highest BCUT2D eigenvalue weighted by molar-refractivity contribution is 7.87. The zero-order valence-electron chi connectivity index (χ0n) is 17.3. The van der Waals surface area contributed by atoms with Gasteiger partial charge in [0.15, 0.2) is 5.82 Å². The van der Waals surface area contributed by atoms with Crippen molar-refractivity contribution < 1.29 is 23.1 Å². The zero-order chi connectivity index (χ0) is 22.1. The lowest BCUT2D eigenvalue weighted by Crippen LogP contribution is -2.29. The van der Waals surface area contributed by atoms with Crippen molar-refractivity contribution in [3.8, 4) is 17.3 Å². The van der Waals surface area contributed by atoms with Crippen molar-refractivity contribution in [2.24, 2.45) is 0 Å². The average Bonchev–Trinajstić information content (AvgIpc) is 3.12. The van der Waals surface area contributed by atoms with Crippen molar-refractivity contribution in [1.29, 1.82) is 0 Å². The standard InChI is InChI=1S/C20H24N4O5S/c1-5-10-29-16-9-7-8-15-18(16)22-19(24(15)30(27,28)23(3)4)17-14(20(25)26)11-13(6-2)12-21-17/h7-9,11-12H,5-6,10H2,1-4H3,(H,25,26). The summed E-state index contributed by atoms with van der Waals surface area (Å²) in [6.45, 7) is 4.27. The normalized spacial score (nSPS) is 11.9.